The maximum absolute atomic E-state index is 8.74. The highest BCUT2D eigenvalue weighted by molar-refractivity contribution is 4.67. The summed E-state index contributed by atoms with van der Waals surface area (Å²) in [6.07, 6.45) is 8.90. The lowest BCUT2D eigenvalue weighted by molar-refractivity contribution is -0.0706. The molecule has 520 valence electrons. The van der Waals surface area contributed by atoms with Crippen LogP contribution in [0.3, 0.4) is 0 Å². The molecule has 0 amide bonds. The first kappa shape index (κ1) is 85.4. The minimum atomic E-state index is -0.176. The van der Waals surface area contributed by atoms with Gasteiger partial charge in [0.1, 0.15) is 6.10 Å². The molecule has 87 heavy (non-hydrogen) atoms. The van der Waals surface area contributed by atoms with Crippen molar-refractivity contribution in [3.63, 3.8) is 0 Å². The molecule has 0 radical (unpaired) electrons. The molecular formula is C61H120O26. The largest absolute Gasteiger partial charge is 0.396 e. The lowest BCUT2D eigenvalue weighted by Crippen LogP contribution is -2.27. The molecule has 0 aromatic carbocycles. The van der Waals surface area contributed by atoms with Crippen molar-refractivity contribution in [2.45, 2.75) is 44.6 Å². The van der Waals surface area contributed by atoms with Crippen molar-refractivity contribution in [2.24, 2.45) is 0 Å². The highest BCUT2D eigenvalue weighted by Crippen LogP contribution is 1.99. The van der Waals surface area contributed by atoms with E-state index in [0.29, 0.717) is 297 Å². The molecule has 0 aromatic heterocycles. The first-order valence-corrected chi connectivity index (χ1v) is 31.6. The van der Waals surface area contributed by atoms with E-state index >= 15 is 0 Å². The third kappa shape index (κ3) is 80.5. The van der Waals surface area contributed by atoms with Crippen LogP contribution in [0.5, 0.6) is 0 Å². The Morgan fingerprint density at radius 1 is 0.195 bits per heavy atom. The molecule has 0 aliphatic rings. The van der Waals surface area contributed by atoms with Crippen molar-refractivity contribution in [2.75, 3.05) is 330 Å². The zero-order valence-corrected chi connectivity index (χ0v) is 53.4. The summed E-state index contributed by atoms with van der Waals surface area (Å²) in [4.78, 5) is 0. The zero-order valence-electron chi connectivity index (χ0n) is 53.4. The van der Waals surface area contributed by atoms with Gasteiger partial charge in [-0.2, -0.15) is 0 Å². The van der Waals surface area contributed by atoms with Crippen molar-refractivity contribution in [1.29, 1.82) is 0 Å². The van der Waals surface area contributed by atoms with Crippen molar-refractivity contribution in [3.05, 3.63) is 25.3 Å². The van der Waals surface area contributed by atoms with Crippen molar-refractivity contribution in [3.8, 4) is 0 Å². The van der Waals surface area contributed by atoms with Gasteiger partial charge in [-0.3, -0.25) is 0 Å². The highest BCUT2D eigenvalue weighted by Gasteiger charge is 2.10. The van der Waals surface area contributed by atoms with Gasteiger partial charge in [0.05, 0.1) is 291 Å². The number of aliphatic hydroxyl groups excluding tert-OH is 1. The average molecular weight is 1270 g/mol. The van der Waals surface area contributed by atoms with Crippen molar-refractivity contribution >= 4 is 0 Å². The summed E-state index contributed by atoms with van der Waals surface area (Å²) in [6.45, 7) is 32.6. The molecule has 26 heteroatoms. The van der Waals surface area contributed by atoms with E-state index in [1.165, 1.54) is 0 Å². The van der Waals surface area contributed by atoms with Gasteiger partial charge in [0, 0.05) is 39.6 Å². The summed E-state index contributed by atoms with van der Waals surface area (Å²) in [5, 5.41) is 8.74. The maximum atomic E-state index is 8.74. The molecule has 0 aromatic rings. The zero-order chi connectivity index (χ0) is 62.3. The summed E-state index contributed by atoms with van der Waals surface area (Å²) in [5.74, 6) is 0. The number of ether oxygens (including phenoxy) is 25. The Morgan fingerprint density at radius 2 is 0.345 bits per heavy atom. The second-order valence-corrected chi connectivity index (χ2v) is 18.5. The van der Waals surface area contributed by atoms with Gasteiger partial charge in [-0.25, -0.2) is 0 Å². The van der Waals surface area contributed by atoms with Crippen molar-refractivity contribution in [1.82, 2.24) is 0 Å². The van der Waals surface area contributed by atoms with Crippen LogP contribution in [0.1, 0.15) is 38.5 Å². The Kier molecular flexibility index (Phi) is 81.0. The fourth-order valence-electron chi connectivity index (χ4n) is 6.60. The molecule has 1 N–H and O–H groups in total. The maximum Gasteiger partial charge on any atom is 0.104 e. The minimum absolute atomic E-state index is 0.176. The Labute approximate surface area is 522 Å². The molecule has 0 heterocycles. The molecule has 0 saturated carbocycles. The first-order chi connectivity index (χ1) is 43.3. The molecule has 0 atom stereocenters. The molecule has 0 unspecified atom stereocenters. The van der Waals surface area contributed by atoms with Crippen molar-refractivity contribution < 1.29 is 124 Å². The number of unbranched alkanes of at least 4 members (excludes halogenated alkanes) is 3. The lowest BCUT2D eigenvalue weighted by Gasteiger charge is -2.17. The van der Waals surface area contributed by atoms with E-state index in [9.17, 15) is 0 Å². The summed E-state index contributed by atoms with van der Waals surface area (Å²) in [7, 11) is 0. The van der Waals surface area contributed by atoms with E-state index in [1.807, 2.05) is 0 Å². The molecule has 0 saturated heterocycles. The predicted molar refractivity (Wildman–Crippen MR) is 325 cm³/mol. The van der Waals surface area contributed by atoms with Crippen LogP contribution in [0, 0.1) is 0 Å². The molecule has 0 spiro atoms. The molecule has 0 aliphatic heterocycles. The normalized spacial score (nSPS) is 11.7. The van der Waals surface area contributed by atoms with Gasteiger partial charge in [0.2, 0.25) is 0 Å². The Bertz CT molecular complexity index is 1230. The van der Waals surface area contributed by atoms with Crippen LogP contribution in [-0.2, 0) is 118 Å². The van der Waals surface area contributed by atoms with Crippen LogP contribution in [0.25, 0.3) is 0 Å². The first-order valence-electron chi connectivity index (χ1n) is 31.6. The smallest absolute Gasteiger partial charge is 0.104 e. The second kappa shape index (κ2) is 82.5. The fraction of sp³-hybridized carbons (Fsp3) is 0.934. The molecule has 0 aliphatic carbocycles. The summed E-state index contributed by atoms with van der Waals surface area (Å²) in [5.41, 5.74) is 0. The van der Waals surface area contributed by atoms with E-state index in [-0.39, 0.29) is 12.7 Å². The van der Waals surface area contributed by atoms with E-state index < -0.39 is 0 Å². The Hall–Kier alpha value is -1.56. The standard InChI is InChI=1S/C61H120O26/c1-3-12-85-59-61(60-86-13-4-2)87-58-57-84-56-55-83-54-53-82-52-51-81-50-49-80-48-47-79-46-45-78-44-43-77-42-41-76-40-39-75-38-37-74-36-35-73-34-33-72-32-31-71-30-29-70-28-27-69-26-25-68-24-23-67-22-21-66-20-19-65-18-10-9-17-64-16-8-7-15-63-14-6-5-11-62/h3-4,61-62H,1-2,5-60H2. The van der Waals surface area contributed by atoms with Gasteiger partial charge in [-0.15, -0.1) is 13.2 Å². The third-order valence-electron chi connectivity index (χ3n) is 11.1. The van der Waals surface area contributed by atoms with Gasteiger partial charge >= 0.3 is 0 Å². The third-order valence-corrected chi connectivity index (χ3v) is 11.1. The van der Waals surface area contributed by atoms with Crippen LogP contribution in [0.15, 0.2) is 25.3 Å². The van der Waals surface area contributed by atoms with Crippen LogP contribution >= 0.6 is 0 Å². The predicted octanol–water partition coefficient (Wildman–Crippen LogP) is 3.47. The number of hydrogen-bond acceptors (Lipinski definition) is 26. The Morgan fingerprint density at radius 3 is 0.517 bits per heavy atom. The van der Waals surface area contributed by atoms with Crippen LogP contribution in [0.2, 0.25) is 0 Å². The number of rotatable bonds is 83. The lowest BCUT2D eigenvalue weighted by atomic mass is 10.3. The summed E-state index contributed by atoms with van der Waals surface area (Å²) < 4.78 is 139. The average Bonchev–Trinajstić information content (AvgIpc) is 3.53. The van der Waals surface area contributed by atoms with Gasteiger partial charge in [0.15, 0.2) is 0 Å². The quantitative estimate of drug-likeness (QED) is 0.0676. The summed E-state index contributed by atoms with van der Waals surface area (Å²) in [6, 6.07) is 0. The number of aliphatic hydroxyl groups is 1. The van der Waals surface area contributed by atoms with E-state index in [0.717, 1.165) is 65.0 Å². The minimum Gasteiger partial charge on any atom is -0.396 e. The van der Waals surface area contributed by atoms with E-state index in [4.69, 9.17) is 124 Å². The Balaban J connectivity index is 3.13. The highest BCUT2D eigenvalue weighted by atomic mass is 16.6. The van der Waals surface area contributed by atoms with Gasteiger partial charge < -0.3 is 124 Å². The van der Waals surface area contributed by atoms with Crippen LogP contribution in [0.4, 0.5) is 0 Å². The van der Waals surface area contributed by atoms with Crippen LogP contribution < -0.4 is 0 Å². The monoisotopic (exact) mass is 1270 g/mol. The molecular weight excluding hydrogens is 1150 g/mol. The van der Waals surface area contributed by atoms with Gasteiger partial charge in [-0.1, -0.05) is 12.2 Å². The van der Waals surface area contributed by atoms with Crippen LogP contribution in [-0.4, -0.2) is 342 Å². The summed E-state index contributed by atoms with van der Waals surface area (Å²) >= 11 is 0. The molecule has 26 nitrogen and oxygen atoms in total. The van der Waals surface area contributed by atoms with E-state index in [1.54, 1.807) is 12.2 Å². The van der Waals surface area contributed by atoms with Gasteiger partial charge in [0.25, 0.3) is 0 Å². The second-order valence-electron chi connectivity index (χ2n) is 18.5. The SMILES string of the molecule is C=CCOCC(COCC=C)OCCOCCOCCOCCOCCOCCOCCOCCOCCOCCOCCOCCOCCOCCOCCOCCOCCOCCOCCOCCOCCCCOCCCCOCCCCO. The van der Waals surface area contributed by atoms with E-state index in [2.05, 4.69) is 13.2 Å². The fourth-order valence-corrected chi connectivity index (χ4v) is 6.60. The molecule has 0 bridgehead atoms. The number of hydrogen-bond donors (Lipinski definition) is 1. The van der Waals surface area contributed by atoms with Gasteiger partial charge in [-0.05, 0) is 38.5 Å². The molecule has 0 rings (SSSR count). The topological polar surface area (TPSA) is 251 Å². The molecule has 0 fully saturated rings.